The quantitative estimate of drug-likeness (QED) is 0.785. The van der Waals surface area contributed by atoms with Crippen molar-refractivity contribution < 1.29 is 4.74 Å². The Labute approximate surface area is 94.4 Å². The average Bonchev–Trinajstić information content (AvgIpc) is 2.85. The molecule has 2 rings (SSSR count). The van der Waals surface area contributed by atoms with Crippen molar-refractivity contribution in [3.05, 3.63) is 5.82 Å². The minimum absolute atomic E-state index is 0.493. The van der Waals surface area contributed by atoms with E-state index in [1.165, 1.54) is 24.4 Å². The molecular weight excluding hydrogens is 210 g/mol. The molecule has 0 aliphatic carbocycles. The Bertz CT molecular complexity index is 315. The highest BCUT2D eigenvalue weighted by atomic mass is 32.1. The molecule has 0 N–H and O–H groups in total. The van der Waals surface area contributed by atoms with Crippen LogP contribution in [0.3, 0.4) is 0 Å². The summed E-state index contributed by atoms with van der Waals surface area (Å²) >= 11 is 1.51. The van der Waals surface area contributed by atoms with Crippen molar-refractivity contribution in [3.63, 3.8) is 0 Å². The van der Waals surface area contributed by atoms with E-state index in [1.807, 2.05) is 0 Å². The van der Waals surface area contributed by atoms with Crippen molar-refractivity contribution in [3.8, 4) is 0 Å². The highest BCUT2D eigenvalue weighted by molar-refractivity contribution is 7.09. The second-order valence-electron chi connectivity index (χ2n) is 3.79. The summed E-state index contributed by atoms with van der Waals surface area (Å²) in [5.41, 5.74) is 0. The average molecular weight is 227 g/mol. The van der Waals surface area contributed by atoms with Crippen LogP contribution < -0.4 is 4.90 Å². The Morgan fingerprint density at radius 1 is 1.60 bits per heavy atom. The predicted octanol–water partition coefficient (Wildman–Crippen LogP) is 1.72. The van der Waals surface area contributed by atoms with Crippen LogP contribution in [0, 0.1) is 0 Å². The largest absolute Gasteiger partial charge is 0.383 e. The molecule has 1 aliphatic heterocycles. The zero-order valence-corrected chi connectivity index (χ0v) is 10.1. The van der Waals surface area contributed by atoms with Crippen LogP contribution in [0.5, 0.6) is 0 Å². The molecule has 0 amide bonds. The van der Waals surface area contributed by atoms with E-state index in [-0.39, 0.29) is 0 Å². The molecule has 0 saturated carbocycles. The Morgan fingerprint density at radius 2 is 2.47 bits per heavy atom. The Morgan fingerprint density at radius 3 is 3.13 bits per heavy atom. The topological polar surface area (TPSA) is 38.2 Å². The molecule has 0 aromatic carbocycles. The molecule has 5 heteroatoms. The summed E-state index contributed by atoms with van der Waals surface area (Å²) in [6.07, 6.45) is 3.35. The lowest BCUT2D eigenvalue weighted by Gasteiger charge is -2.22. The molecule has 4 nitrogen and oxygen atoms in total. The monoisotopic (exact) mass is 227 g/mol. The molecule has 0 spiro atoms. The third kappa shape index (κ3) is 2.29. The maximum atomic E-state index is 5.23. The Hall–Kier alpha value is -0.680. The predicted molar refractivity (Wildman–Crippen MR) is 61.5 cm³/mol. The first-order valence-electron chi connectivity index (χ1n) is 5.43. The Balaban J connectivity index is 2.08. The first-order valence-corrected chi connectivity index (χ1v) is 6.20. The van der Waals surface area contributed by atoms with Crippen molar-refractivity contribution in [1.29, 1.82) is 0 Å². The first kappa shape index (κ1) is 10.8. The van der Waals surface area contributed by atoms with Gasteiger partial charge in [0.25, 0.3) is 0 Å². The molecule has 15 heavy (non-hydrogen) atoms. The summed E-state index contributed by atoms with van der Waals surface area (Å²) in [6, 6.07) is 0.493. The lowest BCUT2D eigenvalue weighted by Crippen LogP contribution is -2.32. The van der Waals surface area contributed by atoms with Gasteiger partial charge < -0.3 is 9.64 Å². The van der Waals surface area contributed by atoms with E-state index in [0.29, 0.717) is 6.04 Å². The fourth-order valence-electron chi connectivity index (χ4n) is 1.96. The molecule has 1 atom stereocenters. The van der Waals surface area contributed by atoms with Gasteiger partial charge in [0.2, 0.25) is 5.13 Å². The molecule has 1 saturated heterocycles. The summed E-state index contributed by atoms with van der Waals surface area (Å²) in [7, 11) is 1.76. The molecule has 0 radical (unpaired) electrons. The van der Waals surface area contributed by atoms with Crippen LogP contribution >= 0.6 is 11.5 Å². The second-order valence-corrected chi connectivity index (χ2v) is 4.52. The molecule has 1 unspecified atom stereocenters. The molecule has 0 bridgehead atoms. The van der Waals surface area contributed by atoms with E-state index in [0.717, 1.165) is 30.5 Å². The van der Waals surface area contributed by atoms with Crippen molar-refractivity contribution in [2.75, 3.05) is 25.2 Å². The summed E-state index contributed by atoms with van der Waals surface area (Å²) in [5.74, 6) is 0.957. The number of aromatic nitrogens is 2. The van der Waals surface area contributed by atoms with Crippen LogP contribution in [0.15, 0.2) is 0 Å². The van der Waals surface area contributed by atoms with Crippen LogP contribution in [0.25, 0.3) is 0 Å². The van der Waals surface area contributed by atoms with Gasteiger partial charge in [-0.1, -0.05) is 6.92 Å². The van der Waals surface area contributed by atoms with Crippen molar-refractivity contribution >= 4 is 16.7 Å². The molecule has 2 heterocycles. The SMILES string of the molecule is CCc1nsc(N2CCCC2COC)n1. The summed E-state index contributed by atoms with van der Waals surface area (Å²) in [6.45, 7) is 3.97. The van der Waals surface area contributed by atoms with Gasteiger partial charge in [-0.05, 0) is 12.8 Å². The van der Waals surface area contributed by atoms with E-state index < -0.39 is 0 Å². The number of methoxy groups -OCH3 is 1. The van der Waals surface area contributed by atoms with Gasteiger partial charge in [0, 0.05) is 31.6 Å². The maximum Gasteiger partial charge on any atom is 0.205 e. The first-order chi connectivity index (χ1) is 7.35. The van der Waals surface area contributed by atoms with E-state index in [4.69, 9.17) is 4.74 Å². The lowest BCUT2D eigenvalue weighted by atomic mass is 10.2. The summed E-state index contributed by atoms with van der Waals surface area (Å²) in [4.78, 5) is 6.85. The van der Waals surface area contributed by atoms with Gasteiger partial charge in [-0.2, -0.15) is 4.37 Å². The fraction of sp³-hybridized carbons (Fsp3) is 0.800. The summed E-state index contributed by atoms with van der Waals surface area (Å²) in [5, 5.41) is 1.06. The van der Waals surface area contributed by atoms with Gasteiger partial charge in [0.15, 0.2) is 0 Å². The maximum absolute atomic E-state index is 5.23. The van der Waals surface area contributed by atoms with Gasteiger partial charge in [0.05, 0.1) is 12.6 Å². The van der Waals surface area contributed by atoms with Crippen LogP contribution in [-0.4, -0.2) is 35.7 Å². The number of ether oxygens (including phenoxy) is 1. The van der Waals surface area contributed by atoms with E-state index in [9.17, 15) is 0 Å². The fourth-order valence-corrected chi connectivity index (χ4v) is 2.81. The van der Waals surface area contributed by atoms with Gasteiger partial charge >= 0.3 is 0 Å². The molecule has 1 fully saturated rings. The number of anilines is 1. The molecular formula is C10H17N3OS. The van der Waals surface area contributed by atoms with Gasteiger partial charge in [-0.25, -0.2) is 4.98 Å². The van der Waals surface area contributed by atoms with Crippen molar-refractivity contribution in [2.45, 2.75) is 32.2 Å². The smallest absolute Gasteiger partial charge is 0.205 e. The van der Waals surface area contributed by atoms with Crippen LogP contribution in [0.2, 0.25) is 0 Å². The van der Waals surface area contributed by atoms with Crippen LogP contribution in [-0.2, 0) is 11.2 Å². The normalized spacial score (nSPS) is 21.2. The highest BCUT2D eigenvalue weighted by Crippen LogP contribution is 2.27. The third-order valence-electron chi connectivity index (χ3n) is 2.76. The standard InChI is InChI=1S/C10H17N3OS/c1-3-9-11-10(15-12-9)13-6-4-5-8(13)7-14-2/h8H,3-7H2,1-2H3. The molecule has 1 aromatic heterocycles. The number of hydrogen-bond donors (Lipinski definition) is 0. The summed E-state index contributed by atoms with van der Waals surface area (Å²) < 4.78 is 9.55. The highest BCUT2D eigenvalue weighted by Gasteiger charge is 2.26. The lowest BCUT2D eigenvalue weighted by molar-refractivity contribution is 0.181. The third-order valence-corrected chi connectivity index (χ3v) is 3.55. The molecule has 1 aromatic rings. The zero-order chi connectivity index (χ0) is 10.7. The minimum atomic E-state index is 0.493. The zero-order valence-electron chi connectivity index (χ0n) is 9.27. The van der Waals surface area contributed by atoms with Crippen molar-refractivity contribution in [2.24, 2.45) is 0 Å². The van der Waals surface area contributed by atoms with Crippen LogP contribution in [0.1, 0.15) is 25.6 Å². The van der Waals surface area contributed by atoms with Gasteiger partial charge in [-0.3, -0.25) is 0 Å². The van der Waals surface area contributed by atoms with Gasteiger partial charge in [-0.15, -0.1) is 0 Å². The molecule has 84 valence electrons. The van der Waals surface area contributed by atoms with E-state index >= 15 is 0 Å². The number of nitrogens with zero attached hydrogens (tertiary/aromatic N) is 3. The second kappa shape index (κ2) is 4.90. The number of aryl methyl sites for hydroxylation is 1. The van der Waals surface area contributed by atoms with Crippen molar-refractivity contribution in [1.82, 2.24) is 9.36 Å². The van der Waals surface area contributed by atoms with E-state index in [2.05, 4.69) is 21.2 Å². The van der Waals surface area contributed by atoms with E-state index in [1.54, 1.807) is 7.11 Å². The van der Waals surface area contributed by atoms with Gasteiger partial charge in [0.1, 0.15) is 5.82 Å². The van der Waals surface area contributed by atoms with Crippen LogP contribution in [0.4, 0.5) is 5.13 Å². The number of hydrogen-bond acceptors (Lipinski definition) is 5. The Kier molecular flexibility index (Phi) is 3.53. The molecule has 1 aliphatic rings. The minimum Gasteiger partial charge on any atom is -0.383 e. The number of rotatable bonds is 4.